The smallest absolute Gasteiger partial charge is 0.189 e. The van der Waals surface area contributed by atoms with Crippen molar-refractivity contribution >= 4 is 0 Å². The Hall–Kier alpha value is -0.980. The number of hydrogen-bond acceptors (Lipinski definition) is 5. The third-order valence-corrected chi connectivity index (χ3v) is 2.31. The van der Waals surface area contributed by atoms with Gasteiger partial charge in [0.2, 0.25) is 0 Å². The normalized spacial score (nSPS) is 13.2. The Morgan fingerprint density at radius 1 is 1.29 bits per heavy atom. The van der Waals surface area contributed by atoms with Crippen LogP contribution in [0.3, 0.4) is 0 Å². The Kier molecular flexibility index (Phi) is 6.10. The predicted octanol–water partition coefficient (Wildman–Crippen LogP) is 1.12. The van der Waals surface area contributed by atoms with E-state index in [9.17, 15) is 5.11 Å². The van der Waals surface area contributed by atoms with Gasteiger partial charge in [0.15, 0.2) is 6.29 Å². The molecule has 0 saturated carbocycles. The van der Waals surface area contributed by atoms with Crippen LogP contribution in [0.5, 0.6) is 0 Å². The second kappa shape index (κ2) is 7.37. The summed E-state index contributed by atoms with van der Waals surface area (Å²) in [4.78, 5) is 0. The summed E-state index contributed by atoms with van der Waals surface area (Å²) in [5.41, 5.74) is 0.624. The molecule has 0 saturated heterocycles. The second-order valence-corrected chi connectivity index (χ2v) is 3.61. The highest BCUT2D eigenvalue weighted by atomic mass is 16.7. The van der Waals surface area contributed by atoms with E-state index in [1.807, 2.05) is 20.8 Å². The van der Waals surface area contributed by atoms with Crippen molar-refractivity contribution in [2.24, 2.45) is 0 Å². The molecule has 17 heavy (non-hydrogen) atoms. The van der Waals surface area contributed by atoms with Crippen molar-refractivity contribution in [2.45, 2.75) is 46.1 Å². The SMILES string of the molecule is CCCn1nncc1C(O)C(OCC)OCC. The van der Waals surface area contributed by atoms with Crippen LogP contribution < -0.4 is 0 Å². The van der Waals surface area contributed by atoms with Gasteiger partial charge in [0.05, 0.1) is 11.9 Å². The van der Waals surface area contributed by atoms with Crippen molar-refractivity contribution in [1.29, 1.82) is 0 Å². The third-order valence-electron chi connectivity index (χ3n) is 2.31. The molecule has 1 rings (SSSR count). The summed E-state index contributed by atoms with van der Waals surface area (Å²) in [6.07, 6.45) is 0.943. The van der Waals surface area contributed by atoms with Gasteiger partial charge in [0, 0.05) is 19.8 Å². The maximum atomic E-state index is 10.2. The number of aliphatic hydroxyl groups excluding tert-OH is 1. The van der Waals surface area contributed by atoms with E-state index in [0.29, 0.717) is 18.9 Å². The Labute approximate surface area is 102 Å². The van der Waals surface area contributed by atoms with Crippen LogP contribution in [0.2, 0.25) is 0 Å². The van der Waals surface area contributed by atoms with Crippen LogP contribution in [0.1, 0.15) is 39.0 Å². The van der Waals surface area contributed by atoms with Gasteiger partial charge >= 0.3 is 0 Å². The summed E-state index contributed by atoms with van der Waals surface area (Å²) >= 11 is 0. The van der Waals surface area contributed by atoms with Crippen molar-refractivity contribution < 1.29 is 14.6 Å². The molecule has 1 unspecified atom stereocenters. The molecule has 0 aromatic carbocycles. The number of ether oxygens (including phenoxy) is 2. The molecule has 0 fully saturated rings. The molecule has 0 amide bonds. The largest absolute Gasteiger partial charge is 0.381 e. The van der Waals surface area contributed by atoms with Crippen molar-refractivity contribution in [1.82, 2.24) is 15.0 Å². The van der Waals surface area contributed by atoms with Crippen LogP contribution in [-0.4, -0.2) is 39.6 Å². The van der Waals surface area contributed by atoms with Gasteiger partial charge < -0.3 is 14.6 Å². The summed E-state index contributed by atoms with van der Waals surface area (Å²) < 4.78 is 12.4. The Morgan fingerprint density at radius 3 is 2.47 bits per heavy atom. The van der Waals surface area contributed by atoms with E-state index in [-0.39, 0.29) is 0 Å². The second-order valence-electron chi connectivity index (χ2n) is 3.61. The van der Waals surface area contributed by atoms with Crippen molar-refractivity contribution in [3.8, 4) is 0 Å². The van der Waals surface area contributed by atoms with Crippen molar-refractivity contribution in [2.75, 3.05) is 13.2 Å². The molecule has 1 atom stereocenters. The first kappa shape index (κ1) is 14.1. The van der Waals surface area contributed by atoms with Crippen LogP contribution in [0, 0.1) is 0 Å². The van der Waals surface area contributed by atoms with E-state index in [4.69, 9.17) is 9.47 Å². The molecule has 0 radical (unpaired) electrons. The van der Waals surface area contributed by atoms with E-state index in [1.165, 1.54) is 0 Å². The molecule has 0 aliphatic rings. The van der Waals surface area contributed by atoms with Crippen LogP contribution in [-0.2, 0) is 16.0 Å². The molecule has 1 aromatic rings. The molecule has 0 spiro atoms. The van der Waals surface area contributed by atoms with Crippen LogP contribution >= 0.6 is 0 Å². The van der Waals surface area contributed by atoms with E-state index in [2.05, 4.69) is 10.3 Å². The lowest BCUT2D eigenvalue weighted by atomic mass is 10.2. The molecular formula is C11H21N3O3. The molecule has 1 N–H and O–H groups in total. The van der Waals surface area contributed by atoms with Gasteiger partial charge in [-0.1, -0.05) is 12.1 Å². The number of rotatable bonds is 8. The standard InChI is InChI=1S/C11H21N3O3/c1-4-7-14-9(8-12-13-14)10(15)11(16-5-2)17-6-3/h8,10-11,15H,4-7H2,1-3H3. The maximum Gasteiger partial charge on any atom is 0.189 e. The van der Waals surface area contributed by atoms with Crippen molar-refractivity contribution in [3.63, 3.8) is 0 Å². The number of nitrogens with zero attached hydrogens (tertiary/aromatic N) is 3. The zero-order valence-electron chi connectivity index (χ0n) is 10.7. The van der Waals surface area contributed by atoms with Gasteiger partial charge in [-0.3, -0.25) is 0 Å². The molecule has 0 aliphatic carbocycles. The van der Waals surface area contributed by atoms with E-state index >= 15 is 0 Å². The monoisotopic (exact) mass is 243 g/mol. The molecule has 98 valence electrons. The number of aliphatic hydroxyl groups is 1. The van der Waals surface area contributed by atoms with Crippen LogP contribution in [0.15, 0.2) is 6.20 Å². The molecule has 0 bridgehead atoms. The molecule has 1 heterocycles. The number of aryl methyl sites for hydroxylation is 1. The lowest BCUT2D eigenvalue weighted by molar-refractivity contribution is -0.193. The lowest BCUT2D eigenvalue weighted by Gasteiger charge is -2.22. The van der Waals surface area contributed by atoms with Gasteiger partial charge in [-0.2, -0.15) is 0 Å². The summed E-state index contributed by atoms with van der Waals surface area (Å²) in [5.74, 6) is 0. The van der Waals surface area contributed by atoms with Gasteiger partial charge in [0.1, 0.15) is 6.10 Å². The first-order chi connectivity index (χ1) is 8.24. The van der Waals surface area contributed by atoms with Gasteiger partial charge in [0.25, 0.3) is 0 Å². The summed E-state index contributed by atoms with van der Waals surface area (Å²) in [6.45, 7) is 7.45. The molecular weight excluding hydrogens is 222 g/mol. The van der Waals surface area contributed by atoms with E-state index in [1.54, 1.807) is 10.9 Å². The fraction of sp³-hybridized carbons (Fsp3) is 0.818. The molecule has 6 heteroatoms. The fourth-order valence-corrected chi connectivity index (χ4v) is 1.58. The van der Waals surface area contributed by atoms with Crippen LogP contribution in [0.25, 0.3) is 0 Å². The summed E-state index contributed by atoms with van der Waals surface area (Å²) in [7, 11) is 0. The lowest BCUT2D eigenvalue weighted by Crippen LogP contribution is -2.27. The van der Waals surface area contributed by atoms with E-state index in [0.717, 1.165) is 13.0 Å². The summed E-state index contributed by atoms with van der Waals surface area (Å²) in [5, 5.41) is 17.9. The highest BCUT2D eigenvalue weighted by Crippen LogP contribution is 2.19. The Balaban J connectivity index is 2.76. The van der Waals surface area contributed by atoms with E-state index < -0.39 is 12.4 Å². The quantitative estimate of drug-likeness (QED) is 0.693. The zero-order chi connectivity index (χ0) is 12.7. The first-order valence-corrected chi connectivity index (χ1v) is 6.04. The van der Waals surface area contributed by atoms with Gasteiger partial charge in [-0.05, 0) is 20.3 Å². The average molecular weight is 243 g/mol. The molecule has 0 aliphatic heterocycles. The van der Waals surface area contributed by atoms with Gasteiger partial charge in [-0.25, -0.2) is 4.68 Å². The topological polar surface area (TPSA) is 69.4 Å². The van der Waals surface area contributed by atoms with Gasteiger partial charge in [-0.15, -0.1) is 5.10 Å². The third kappa shape index (κ3) is 3.76. The molecule has 1 aromatic heterocycles. The fourth-order valence-electron chi connectivity index (χ4n) is 1.58. The highest BCUT2D eigenvalue weighted by molar-refractivity contribution is 5.00. The van der Waals surface area contributed by atoms with Crippen molar-refractivity contribution in [3.05, 3.63) is 11.9 Å². The minimum atomic E-state index is -0.864. The maximum absolute atomic E-state index is 10.2. The average Bonchev–Trinajstić information content (AvgIpc) is 2.77. The minimum absolute atomic E-state index is 0.483. The van der Waals surface area contributed by atoms with Crippen LogP contribution in [0.4, 0.5) is 0 Å². The molecule has 6 nitrogen and oxygen atoms in total. The minimum Gasteiger partial charge on any atom is -0.381 e. The first-order valence-electron chi connectivity index (χ1n) is 6.04. The predicted molar refractivity (Wildman–Crippen MR) is 62.3 cm³/mol. The number of hydrogen-bond donors (Lipinski definition) is 1. The number of aromatic nitrogens is 3. The Morgan fingerprint density at radius 2 is 1.94 bits per heavy atom. The summed E-state index contributed by atoms with van der Waals surface area (Å²) in [6, 6.07) is 0. The zero-order valence-corrected chi connectivity index (χ0v) is 10.7. The Bertz CT molecular complexity index is 311. The highest BCUT2D eigenvalue weighted by Gasteiger charge is 2.25.